The Morgan fingerprint density at radius 1 is 0.408 bits per heavy atom. The largest absolute Gasteiger partial charge is 0.450 e. The van der Waals surface area contributed by atoms with Crippen molar-refractivity contribution in [1.82, 2.24) is 26.2 Å². The van der Waals surface area contributed by atoms with Crippen LogP contribution in [0.1, 0.15) is 239 Å². The minimum absolute atomic E-state index is 0.0442. The maximum Gasteiger partial charge on any atom is 0.407 e. The van der Waals surface area contributed by atoms with Crippen LogP contribution in [0.25, 0.3) is 0 Å². The summed E-state index contributed by atoms with van der Waals surface area (Å²) < 4.78 is 41.4. The van der Waals surface area contributed by atoms with Crippen molar-refractivity contribution in [3.05, 3.63) is 0 Å². The second kappa shape index (κ2) is 52.9. The van der Waals surface area contributed by atoms with Gasteiger partial charge >= 0.3 is 18.3 Å². The van der Waals surface area contributed by atoms with E-state index in [2.05, 4.69) is 94.0 Å². The summed E-state index contributed by atoms with van der Waals surface area (Å²) in [5.74, 6) is -0.644. The second-order valence-electron chi connectivity index (χ2n) is 33.5. The van der Waals surface area contributed by atoms with Gasteiger partial charge in [0, 0.05) is 56.7 Å². The summed E-state index contributed by atoms with van der Waals surface area (Å²) in [7, 11) is -5.08. The van der Waals surface area contributed by atoms with Gasteiger partial charge in [-0.15, -0.1) is 0 Å². The number of hydrogen-bond donors (Lipinski definition) is 11. The van der Waals surface area contributed by atoms with E-state index in [1.165, 1.54) is 167 Å². The van der Waals surface area contributed by atoms with Crippen LogP contribution in [0.15, 0.2) is 0 Å². The van der Waals surface area contributed by atoms with E-state index in [-0.39, 0.29) is 45.0 Å². The van der Waals surface area contributed by atoms with Gasteiger partial charge in [0.05, 0.1) is 44.6 Å². The number of carbonyl (C=O) groups is 5. The number of rotatable bonds is 56. The molecule has 0 aromatic heterocycles. The van der Waals surface area contributed by atoms with Crippen LogP contribution in [-0.2, 0) is 42.7 Å². The molecule has 1 aliphatic carbocycles. The molecule has 3 rings (SSSR count). The Hall–Kier alpha value is -3.04. The molecule has 27 heteroatoms. The van der Waals surface area contributed by atoms with Crippen molar-refractivity contribution in [1.29, 1.82) is 0 Å². The third-order valence-electron chi connectivity index (χ3n) is 20.2. The van der Waals surface area contributed by atoms with Crippen molar-refractivity contribution in [2.45, 2.75) is 407 Å². The van der Waals surface area contributed by atoms with E-state index in [1.807, 2.05) is 4.90 Å². The maximum atomic E-state index is 14.0. The van der Waals surface area contributed by atoms with E-state index in [9.17, 15) is 59.7 Å². The molecule has 0 aromatic carbocycles. The first kappa shape index (κ1) is 94.2. The molecule has 0 unspecified atom stereocenters. The molecule has 0 radical (unpaired) electrons. The molecule has 3 aliphatic rings. The smallest absolute Gasteiger partial charge is 0.407 e. The van der Waals surface area contributed by atoms with Crippen LogP contribution in [0.2, 0.25) is 77.1 Å². The van der Waals surface area contributed by atoms with Gasteiger partial charge in [-0.05, 0) is 37.4 Å². The number of hydrogen-bond acceptors (Lipinski definition) is 19. The average Bonchev–Trinajstić information content (AvgIpc) is 0.773. The van der Waals surface area contributed by atoms with Gasteiger partial charge in [-0.1, -0.05) is 265 Å². The van der Waals surface area contributed by atoms with E-state index in [4.69, 9.17) is 33.2 Å². The van der Waals surface area contributed by atoms with Gasteiger partial charge in [0.1, 0.15) is 61.0 Å². The fourth-order valence-corrected chi connectivity index (χ4v) is 15.5. The lowest BCUT2D eigenvalue weighted by atomic mass is 9.83. The first-order chi connectivity index (χ1) is 49.0. The van der Waals surface area contributed by atoms with Crippen molar-refractivity contribution >= 4 is 54.3 Å². The number of nitrogens with one attached hydrogen (secondary N) is 4. The lowest BCUT2D eigenvalue weighted by Crippen LogP contribution is -2.70. The highest BCUT2D eigenvalue weighted by Crippen LogP contribution is 2.34. The van der Waals surface area contributed by atoms with Crippen molar-refractivity contribution in [3.63, 3.8) is 0 Å². The monoisotopic (exact) mass is 1520 g/mol. The number of amides is 5. The van der Waals surface area contributed by atoms with Crippen LogP contribution >= 0.6 is 0 Å². The second-order valence-corrected chi connectivity index (χ2v) is 50.3. The summed E-state index contributed by atoms with van der Waals surface area (Å²) in [5.41, 5.74) is 0. The number of alkyl carbamates (subject to hydrolysis) is 3. The quantitative estimate of drug-likeness (QED) is 0.0153. The zero-order chi connectivity index (χ0) is 76.2. The van der Waals surface area contributed by atoms with Crippen LogP contribution in [0, 0.1) is 0 Å². The number of nitrogens with zero attached hydrogens (tertiary/aromatic N) is 1. The SMILES string of the molecule is CCCCCCCCCCCCCCCCCCN(CCCCCCCCCCCCCCCCCC)C(=O)CCC(=O)NC[C@H]1O[C@H](O[C@H]2[C@H](O)[C@@H](O[C@H]3O[C@H](CO)[C@@H](O)[C@H](NC(=O)OCC[Si](C)(C)C)[C@H]3O)[C@H](NC(=O)OCC[Si](C)(C)C)C[C@@H]2NC(=O)OCC[Si](C)(C)C)[C@H](O)[C@@H](O)[C@@H]1O. The first-order valence-electron chi connectivity index (χ1n) is 40.6. The van der Waals surface area contributed by atoms with E-state index in [1.54, 1.807) is 0 Å². The molecule has 1 saturated carbocycles. The van der Waals surface area contributed by atoms with E-state index in [0.717, 1.165) is 38.5 Å². The molecule has 2 aliphatic heterocycles. The number of ether oxygens (including phenoxy) is 7. The van der Waals surface area contributed by atoms with Crippen molar-refractivity contribution in [2.75, 3.05) is 46.1 Å². The Bertz CT molecular complexity index is 2240. The van der Waals surface area contributed by atoms with Crippen LogP contribution in [0.4, 0.5) is 14.4 Å². The normalized spacial score (nSPS) is 25.4. The number of carbonyl (C=O) groups excluding carboxylic acids is 5. The summed E-state index contributed by atoms with van der Waals surface area (Å²) in [6.45, 7) is 23.5. The van der Waals surface area contributed by atoms with Gasteiger partial charge in [-0.3, -0.25) is 9.59 Å². The maximum absolute atomic E-state index is 14.0. The zero-order valence-electron chi connectivity index (χ0n) is 66.0. The molecule has 15 atom stereocenters. The van der Waals surface area contributed by atoms with Crippen molar-refractivity contribution in [3.8, 4) is 0 Å². The van der Waals surface area contributed by atoms with Crippen LogP contribution in [0.3, 0.4) is 0 Å². The van der Waals surface area contributed by atoms with E-state index >= 15 is 0 Å². The topological polar surface area (TPSA) is 343 Å². The standard InChI is InChI=1S/C76H149N5O19Si3/c1-12-14-16-18-20-22-24-26-28-30-32-34-36-38-40-42-46-81(47-43-41-39-37-35-33-31-29-27-25-23-21-19-17-15-13-2)62(84)45-44-61(83)77-55-59-65(86)67(88)68(89)73(97-59)100-71-58(79-75(92)95-49-52-102(6,7)8)54-57(78-74(91)94-48-51-101(3,4)5)70(69(71)90)99-72-66(87)63(64(85)60(56-82)98-72)80-76(93)96-50-53-103(9,10)11/h57-60,63-73,82,85-90H,12-56H2,1-11H3,(H,77,83)(H,78,91)(H,79,92)(H,80,93)/t57-,58+,59-,60-,63+,64-,65-,66-,67+,68-,69-,70+,71-,72-,73-/m1/s1. The van der Waals surface area contributed by atoms with Crippen LogP contribution in [-0.4, -0.2) is 233 Å². The Morgan fingerprint density at radius 2 is 0.748 bits per heavy atom. The molecule has 604 valence electrons. The molecule has 103 heavy (non-hydrogen) atoms. The predicted molar refractivity (Wildman–Crippen MR) is 412 cm³/mol. The summed E-state index contributed by atoms with van der Waals surface area (Å²) >= 11 is 0. The molecule has 0 spiro atoms. The fourth-order valence-electron chi connectivity index (χ4n) is 13.4. The van der Waals surface area contributed by atoms with Crippen LogP contribution < -0.4 is 21.3 Å². The molecule has 0 bridgehead atoms. The molecule has 3 fully saturated rings. The van der Waals surface area contributed by atoms with Gasteiger partial charge in [0.15, 0.2) is 12.6 Å². The summed E-state index contributed by atoms with van der Waals surface area (Å²) in [6.07, 6.45) is 15.3. The highest BCUT2D eigenvalue weighted by molar-refractivity contribution is 6.76. The minimum Gasteiger partial charge on any atom is -0.450 e. The Labute approximate surface area is 623 Å². The fraction of sp³-hybridized carbons (Fsp3) is 0.934. The summed E-state index contributed by atoms with van der Waals surface area (Å²) in [6, 6.07) is -2.39. The molecule has 0 aromatic rings. The third-order valence-corrected chi connectivity index (χ3v) is 25.4. The molecule has 11 N–H and O–H groups in total. The Morgan fingerprint density at radius 3 is 1.11 bits per heavy atom. The van der Waals surface area contributed by atoms with Crippen molar-refractivity contribution in [2.24, 2.45) is 0 Å². The van der Waals surface area contributed by atoms with Gasteiger partial charge in [-0.2, -0.15) is 0 Å². The predicted octanol–water partition coefficient (Wildman–Crippen LogP) is 12.3. The van der Waals surface area contributed by atoms with Gasteiger partial charge < -0.3 is 95.1 Å². The molecule has 24 nitrogen and oxygen atoms in total. The zero-order valence-corrected chi connectivity index (χ0v) is 69.0. The average molecular weight is 1520 g/mol. The molecular formula is C76H149N5O19Si3. The van der Waals surface area contributed by atoms with Gasteiger partial charge in [0.2, 0.25) is 11.8 Å². The van der Waals surface area contributed by atoms with Gasteiger partial charge in [-0.25, -0.2) is 14.4 Å². The minimum atomic E-state index is -2.00. The highest BCUT2D eigenvalue weighted by atomic mass is 28.3. The Kier molecular flexibility index (Phi) is 48.4. The molecular weight excluding hydrogens is 1370 g/mol. The summed E-state index contributed by atoms with van der Waals surface area (Å²) in [4.78, 5) is 70.2. The van der Waals surface area contributed by atoms with Crippen molar-refractivity contribution < 1.29 is 92.9 Å². The molecule has 5 amide bonds. The number of aliphatic hydroxyl groups excluding tert-OH is 7. The lowest BCUT2D eigenvalue weighted by Gasteiger charge is -2.49. The third kappa shape index (κ3) is 41.4. The lowest BCUT2D eigenvalue weighted by molar-refractivity contribution is -0.334. The van der Waals surface area contributed by atoms with Crippen LogP contribution in [0.5, 0.6) is 0 Å². The first-order valence-corrected chi connectivity index (χ1v) is 51.8. The summed E-state index contributed by atoms with van der Waals surface area (Å²) in [5, 5.41) is 91.2. The van der Waals surface area contributed by atoms with E-state index in [0.29, 0.717) is 31.2 Å². The Balaban J connectivity index is 1.77. The number of unbranched alkanes of at least 4 members (excludes halogenated alkanes) is 30. The molecule has 2 heterocycles. The van der Waals surface area contributed by atoms with Gasteiger partial charge in [0.25, 0.3) is 0 Å². The van der Waals surface area contributed by atoms with E-state index < -0.39 is 153 Å². The number of aliphatic hydroxyl groups is 7. The highest BCUT2D eigenvalue weighted by Gasteiger charge is 2.55. The molecule has 2 saturated heterocycles.